The molecule has 32 heavy (non-hydrogen) atoms. The molecule has 0 aliphatic rings. The molecule has 5 N–H and O–H groups in total. The third kappa shape index (κ3) is 3.72. The van der Waals surface area contributed by atoms with Gasteiger partial charge in [-0.25, -0.2) is 9.37 Å². The molecule has 2 aromatic carbocycles. The van der Waals surface area contributed by atoms with Crippen molar-refractivity contribution < 1.29 is 4.39 Å². The van der Waals surface area contributed by atoms with Gasteiger partial charge in [0.1, 0.15) is 29.1 Å². The van der Waals surface area contributed by atoms with E-state index in [0.29, 0.717) is 21.1 Å². The topological polar surface area (TPSA) is 149 Å². The third-order valence-corrected chi connectivity index (χ3v) is 5.41. The van der Waals surface area contributed by atoms with Crippen molar-refractivity contribution in [3.05, 3.63) is 74.5 Å². The molecule has 0 unspecified atom stereocenters. The maximum atomic E-state index is 14.0. The predicted molar refractivity (Wildman–Crippen MR) is 123 cm³/mol. The molecule has 1 atom stereocenters. The van der Waals surface area contributed by atoms with E-state index in [4.69, 9.17) is 11.5 Å². The fraction of sp³-hybridized carbons (Fsp3) is 0.0952. The number of fused-ring (bicyclic) bond motifs is 1. The van der Waals surface area contributed by atoms with Crippen molar-refractivity contribution in [1.29, 1.82) is 5.26 Å². The first-order valence-electron chi connectivity index (χ1n) is 9.37. The van der Waals surface area contributed by atoms with Crippen molar-refractivity contribution in [2.45, 2.75) is 13.0 Å². The molecule has 160 valence electrons. The minimum Gasteiger partial charge on any atom is -0.382 e. The second kappa shape index (κ2) is 8.24. The Morgan fingerprint density at radius 1 is 1.19 bits per heavy atom. The van der Waals surface area contributed by atoms with Gasteiger partial charge in [0.25, 0.3) is 5.56 Å². The molecule has 0 fully saturated rings. The van der Waals surface area contributed by atoms with Crippen molar-refractivity contribution >= 4 is 44.4 Å². The van der Waals surface area contributed by atoms with Crippen LogP contribution in [0.1, 0.15) is 24.4 Å². The highest BCUT2D eigenvalue weighted by molar-refractivity contribution is 9.10. The summed E-state index contributed by atoms with van der Waals surface area (Å²) in [6.07, 6.45) is 0. The third-order valence-electron chi connectivity index (χ3n) is 4.75. The number of hydrogen-bond donors (Lipinski definition) is 3. The van der Waals surface area contributed by atoms with Crippen LogP contribution in [0.3, 0.4) is 0 Å². The maximum Gasteiger partial charge on any atom is 0.267 e. The van der Waals surface area contributed by atoms with E-state index in [1.54, 1.807) is 31.2 Å². The minimum atomic E-state index is -0.657. The summed E-state index contributed by atoms with van der Waals surface area (Å²) in [6, 6.07) is 12.1. The van der Waals surface area contributed by atoms with Crippen LogP contribution in [0.25, 0.3) is 16.6 Å². The highest BCUT2D eigenvalue weighted by Gasteiger charge is 2.22. The first-order chi connectivity index (χ1) is 15.3. The monoisotopic (exact) mass is 494 g/mol. The van der Waals surface area contributed by atoms with Gasteiger partial charge in [-0.1, -0.05) is 12.1 Å². The SMILES string of the molecule is C[C@H](Nc1nc(N)nc(N)c1C#N)c1nc2cccc(Br)c2c(=O)n1-c1cccc(F)c1. The summed E-state index contributed by atoms with van der Waals surface area (Å²) in [6.45, 7) is 1.72. The van der Waals surface area contributed by atoms with E-state index in [2.05, 4.69) is 36.2 Å². The number of anilines is 3. The Balaban J connectivity index is 1.95. The number of halogens is 2. The summed E-state index contributed by atoms with van der Waals surface area (Å²) in [5.74, 6) is -0.330. The van der Waals surface area contributed by atoms with Gasteiger partial charge >= 0.3 is 0 Å². The molecule has 2 aromatic heterocycles. The van der Waals surface area contributed by atoms with E-state index < -0.39 is 11.9 Å². The molecule has 0 aliphatic heterocycles. The quantitative estimate of drug-likeness (QED) is 0.391. The molecule has 2 heterocycles. The Hall–Kier alpha value is -4.04. The van der Waals surface area contributed by atoms with Gasteiger partial charge in [0.05, 0.1) is 22.6 Å². The van der Waals surface area contributed by atoms with Crippen LogP contribution in [0, 0.1) is 17.1 Å². The van der Waals surface area contributed by atoms with Crippen LogP contribution in [0.15, 0.2) is 51.7 Å². The van der Waals surface area contributed by atoms with Crippen LogP contribution < -0.4 is 22.3 Å². The van der Waals surface area contributed by atoms with E-state index >= 15 is 0 Å². The fourth-order valence-corrected chi connectivity index (χ4v) is 3.87. The molecule has 4 aromatic rings. The van der Waals surface area contributed by atoms with E-state index in [1.807, 2.05) is 6.07 Å². The van der Waals surface area contributed by atoms with E-state index in [0.717, 1.165) is 0 Å². The Morgan fingerprint density at radius 3 is 2.66 bits per heavy atom. The standard InChI is InChI=1S/C21H16BrFN8O/c1-10(27-18-13(9-24)17(25)29-21(26)30-18)19-28-15-7-3-6-14(22)16(15)20(32)31(19)12-5-2-4-11(23)8-12/h2-8,10H,1H3,(H5,25,26,27,29,30)/t10-/m0/s1. The van der Waals surface area contributed by atoms with Crippen molar-refractivity contribution in [3.8, 4) is 11.8 Å². The zero-order chi connectivity index (χ0) is 23.0. The zero-order valence-corrected chi connectivity index (χ0v) is 18.3. The number of nitrogens with zero attached hydrogens (tertiary/aromatic N) is 5. The maximum absolute atomic E-state index is 14.0. The summed E-state index contributed by atoms with van der Waals surface area (Å²) < 4.78 is 15.9. The first kappa shape index (κ1) is 21.2. The lowest BCUT2D eigenvalue weighted by Crippen LogP contribution is -2.28. The highest BCUT2D eigenvalue weighted by atomic mass is 79.9. The predicted octanol–water partition coefficient (Wildman–Crippen LogP) is 3.29. The number of nitrogens with one attached hydrogen (secondary N) is 1. The normalized spacial score (nSPS) is 11.8. The lowest BCUT2D eigenvalue weighted by Gasteiger charge is -2.21. The van der Waals surface area contributed by atoms with E-state index in [1.165, 1.54) is 22.8 Å². The summed E-state index contributed by atoms with van der Waals surface area (Å²) in [7, 11) is 0. The molecular weight excluding hydrogens is 479 g/mol. The molecule has 0 amide bonds. The highest BCUT2D eigenvalue weighted by Crippen LogP contribution is 2.27. The van der Waals surface area contributed by atoms with Gasteiger partial charge in [0.15, 0.2) is 5.82 Å². The summed E-state index contributed by atoms with van der Waals surface area (Å²) >= 11 is 3.40. The van der Waals surface area contributed by atoms with E-state index in [-0.39, 0.29) is 34.5 Å². The lowest BCUT2D eigenvalue weighted by atomic mass is 10.2. The second-order valence-electron chi connectivity index (χ2n) is 6.89. The molecule has 4 rings (SSSR count). The average Bonchev–Trinajstić information content (AvgIpc) is 2.73. The van der Waals surface area contributed by atoms with Crippen molar-refractivity contribution in [2.24, 2.45) is 0 Å². The molecule has 0 bridgehead atoms. The van der Waals surface area contributed by atoms with Crippen LogP contribution in [-0.2, 0) is 0 Å². The molecule has 0 aliphatic carbocycles. The van der Waals surface area contributed by atoms with Crippen molar-refractivity contribution in [3.63, 3.8) is 0 Å². The Bertz CT molecular complexity index is 1460. The Labute approximate surface area is 189 Å². The van der Waals surface area contributed by atoms with Gasteiger partial charge in [0.2, 0.25) is 5.95 Å². The largest absolute Gasteiger partial charge is 0.382 e. The molecule has 9 nitrogen and oxygen atoms in total. The molecule has 0 radical (unpaired) electrons. The van der Waals surface area contributed by atoms with Gasteiger partial charge in [-0.15, -0.1) is 0 Å². The molecule has 11 heteroatoms. The Kier molecular flexibility index (Phi) is 5.46. The Morgan fingerprint density at radius 2 is 1.94 bits per heavy atom. The van der Waals surface area contributed by atoms with Crippen molar-refractivity contribution in [2.75, 3.05) is 16.8 Å². The summed E-state index contributed by atoms with van der Waals surface area (Å²) in [5, 5.41) is 12.8. The number of benzene rings is 2. The zero-order valence-electron chi connectivity index (χ0n) is 16.7. The van der Waals surface area contributed by atoms with Crippen LogP contribution in [0.4, 0.5) is 22.0 Å². The van der Waals surface area contributed by atoms with Crippen LogP contribution in [0.5, 0.6) is 0 Å². The van der Waals surface area contributed by atoms with Crippen LogP contribution in [-0.4, -0.2) is 19.5 Å². The van der Waals surface area contributed by atoms with Crippen LogP contribution in [0.2, 0.25) is 0 Å². The number of aromatic nitrogens is 4. The molecule has 0 spiro atoms. The molecule has 0 saturated carbocycles. The number of nitrogens with two attached hydrogens (primary N) is 2. The fourth-order valence-electron chi connectivity index (χ4n) is 3.34. The smallest absolute Gasteiger partial charge is 0.267 e. The van der Waals surface area contributed by atoms with Gasteiger partial charge in [0, 0.05) is 4.47 Å². The van der Waals surface area contributed by atoms with Gasteiger partial charge in [-0.05, 0) is 53.2 Å². The number of hydrogen-bond acceptors (Lipinski definition) is 8. The van der Waals surface area contributed by atoms with Gasteiger partial charge < -0.3 is 16.8 Å². The van der Waals surface area contributed by atoms with E-state index in [9.17, 15) is 14.4 Å². The van der Waals surface area contributed by atoms with Crippen LogP contribution >= 0.6 is 15.9 Å². The second-order valence-corrected chi connectivity index (χ2v) is 7.75. The average molecular weight is 495 g/mol. The number of rotatable bonds is 4. The summed E-state index contributed by atoms with van der Waals surface area (Å²) in [5.41, 5.74) is 11.8. The summed E-state index contributed by atoms with van der Waals surface area (Å²) in [4.78, 5) is 26.0. The first-order valence-corrected chi connectivity index (χ1v) is 10.2. The lowest BCUT2D eigenvalue weighted by molar-refractivity contribution is 0.624. The molecular formula is C21H16BrFN8O. The number of nitrogen functional groups attached to an aromatic ring is 2. The van der Waals surface area contributed by atoms with Gasteiger partial charge in [-0.2, -0.15) is 15.2 Å². The molecule has 0 saturated heterocycles. The van der Waals surface area contributed by atoms with Crippen molar-refractivity contribution in [1.82, 2.24) is 19.5 Å². The van der Waals surface area contributed by atoms with Gasteiger partial charge in [-0.3, -0.25) is 9.36 Å². The number of nitriles is 1. The minimum absolute atomic E-state index is 0.00855.